The molecule has 2 atom stereocenters. The number of benzene rings is 1. The molecule has 1 aromatic heterocycles. The number of imidazole rings is 1. The van der Waals surface area contributed by atoms with E-state index in [0.717, 1.165) is 16.3 Å². The zero-order valence-electron chi connectivity index (χ0n) is 13.2. The number of carboxylic acids is 1. The largest absolute Gasteiger partial charge is 0.480 e. The minimum absolute atomic E-state index is 0.103. The predicted octanol–water partition coefficient (Wildman–Crippen LogP) is 1.53. The number of aromatic nitrogens is 2. The molecule has 0 bridgehead atoms. The lowest BCUT2D eigenvalue weighted by atomic mass is 9.85. The Morgan fingerprint density at radius 3 is 2.67 bits per heavy atom. The van der Waals surface area contributed by atoms with Crippen molar-refractivity contribution in [1.82, 2.24) is 13.9 Å². The highest BCUT2D eigenvalue weighted by Crippen LogP contribution is 2.38. The third-order valence-corrected chi connectivity index (χ3v) is 5.95. The van der Waals surface area contributed by atoms with Crippen molar-refractivity contribution < 1.29 is 18.3 Å². The van der Waals surface area contributed by atoms with Gasteiger partial charge >= 0.3 is 5.97 Å². The van der Waals surface area contributed by atoms with Gasteiger partial charge in [-0.3, -0.25) is 4.79 Å². The number of hydrogen-bond donors (Lipinski definition) is 1. The second-order valence-electron chi connectivity index (χ2n) is 5.82. The Balaban J connectivity index is 1.87. The van der Waals surface area contributed by atoms with Crippen molar-refractivity contribution in [2.24, 2.45) is 0 Å². The van der Waals surface area contributed by atoms with E-state index in [1.165, 1.54) is 12.5 Å². The van der Waals surface area contributed by atoms with Crippen molar-refractivity contribution in [3.05, 3.63) is 48.4 Å². The molecule has 1 fully saturated rings. The maximum Gasteiger partial charge on any atom is 0.322 e. The summed E-state index contributed by atoms with van der Waals surface area (Å²) in [5.41, 5.74) is 0.827. The molecule has 0 amide bonds. The quantitative estimate of drug-likeness (QED) is 0.854. The van der Waals surface area contributed by atoms with Crippen LogP contribution in [0.25, 0.3) is 0 Å². The smallest absolute Gasteiger partial charge is 0.322 e. The zero-order chi connectivity index (χ0) is 17.3. The number of carboxylic acid groups (broad SMARTS) is 1. The van der Waals surface area contributed by atoms with Crippen LogP contribution in [0.2, 0.25) is 0 Å². The van der Waals surface area contributed by atoms with Crippen LogP contribution in [0.3, 0.4) is 0 Å². The fraction of sp³-hybridized carbons (Fsp3) is 0.375. The number of nitrogens with zero attached hydrogens (tertiary/aromatic N) is 3. The molecule has 1 saturated heterocycles. The number of hydrogen-bond acceptors (Lipinski definition) is 4. The maximum absolute atomic E-state index is 12.7. The average molecular weight is 349 g/mol. The fourth-order valence-corrected chi connectivity index (χ4v) is 4.56. The van der Waals surface area contributed by atoms with Crippen LogP contribution in [0.5, 0.6) is 0 Å². The first-order valence-electron chi connectivity index (χ1n) is 7.76. The first kappa shape index (κ1) is 16.7. The maximum atomic E-state index is 12.7. The van der Waals surface area contributed by atoms with Gasteiger partial charge in [-0.1, -0.05) is 37.3 Å². The summed E-state index contributed by atoms with van der Waals surface area (Å²) in [6.07, 6.45) is 3.77. The van der Waals surface area contributed by atoms with Crippen molar-refractivity contribution in [2.45, 2.75) is 36.9 Å². The highest BCUT2D eigenvalue weighted by atomic mass is 32.2. The molecule has 3 rings (SSSR count). The van der Waals surface area contributed by atoms with Gasteiger partial charge in [0.05, 0.1) is 6.33 Å². The van der Waals surface area contributed by atoms with Crippen LogP contribution >= 0.6 is 0 Å². The summed E-state index contributed by atoms with van der Waals surface area (Å²) in [7, 11) is -3.91. The molecule has 8 heteroatoms. The lowest BCUT2D eigenvalue weighted by Crippen LogP contribution is -2.60. The van der Waals surface area contributed by atoms with E-state index in [9.17, 15) is 18.3 Å². The number of aryl methyl sites for hydroxylation is 1. The van der Waals surface area contributed by atoms with Crippen molar-refractivity contribution in [1.29, 1.82) is 0 Å². The number of aliphatic carboxylic acids is 1. The Morgan fingerprint density at radius 2 is 2.04 bits per heavy atom. The van der Waals surface area contributed by atoms with E-state index in [4.69, 9.17) is 0 Å². The third-order valence-electron chi connectivity index (χ3n) is 4.21. The van der Waals surface area contributed by atoms with Crippen molar-refractivity contribution >= 4 is 16.0 Å². The van der Waals surface area contributed by atoms with E-state index in [2.05, 4.69) is 4.98 Å². The molecule has 0 aliphatic carbocycles. The Bertz CT molecular complexity index is 832. The standard InChI is InChI=1S/C16H19N3O4S/c1-2-8-18-10-14(17-11-18)24(22,23)19-9-13(15(19)16(20)21)12-6-4-3-5-7-12/h3-7,10-11,13,15H,2,8-9H2,1H3,(H,20,21)/t13-,15+/m1/s1. The summed E-state index contributed by atoms with van der Waals surface area (Å²) < 4.78 is 28.1. The SMILES string of the molecule is CCCn1cnc(S(=O)(=O)N2C[C@H](c3ccccc3)[C@H]2C(=O)O)c1. The summed E-state index contributed by atoms with van der Waals surface area (Å²) in [4.78, 5) is 15.6. The molecule has 7 nitrogen and oxygen atoms in total. The highest BCUT2D eigenvalue weighted by molar-refractivity contribution is 7.89. The topological polar surface area (TPSA) is 92.5 Å². The number of carbonyl (C=O) groups is 1. The third kappa shape index (κ3) is 2.83. The average Bonchev–Trinajstić information content (AvgIpc) is 2.96. The van der Waals surface area contributed by atoms with Gasteiger partial charge in [0, 0.05) is 25.2 Å². The highest BCUT2D eigenvalue weighted by Gasteiger charge is 2.51. The van der Waals surface area contributed by atoms with Crippen LogP contribution in [0, 0.1) is 0 Å². The molecule has 0 unspecified atom stereocenters. The first-order valence-corrected chi connectivity index (χ1v) is 9.20. The fourth-order valence-electron chi connectivity index (χ4n) is 2.97. The van der Waals surface area contributed by atoms with Crippen molar-refractivity contribution in [2.75, 3.05) is 6.54 Å². The van der Waals surface area contributed by atoms with Gasteiger partial charge in [0.25, 0.3) is 10.0 Å². The summed E-state index contributed by atoms with van der Waals surface area (Å²) in [5, 5.41) is 9.40. The molecule has 2 aromatic rings. The van der Waals surface area contributed by atoms with Crippen LogP contribution in [0.4, 0.5) is 0 Å². The molecule has 128 valence electrons. The summed E-state index contributed by atoms with van der Waals surface area (Å²) in [6, 6.07) is 8.01. The van der Waals surface area contributed by atoms with E-state index in [1.54, 1.807) is 4.57 Å². The Kier molecular flexibility index (Phi) is 4.42. The van der Waals surface area contributed by atoms with Crippen LogP contribution in [0.15, 0.2) is 47.9 Å². The summed E-state index contributed by atoms with van der Waals surface area (Å²) in [5.74, 6) is -1.50. The van der Waals surface area contributed by atoms with Gasteiger partial charge in [0.2, 0.25) is 0 Å². The molecule has 1 aliphatic rings. The van der Waals surface area contributed by atoms with Crippen LogP contribution in [-0.2, 0) is 21.4 Å². The molecule has 1 aliphatic heterocycles. The second-order valence-corrected chi connectivity index (χ2v) is 7.66. The Morgan fingerprint density at radius 1 is 1.33 bits per heavy atom. The minimum atomic E-state index is -3.91. The molecule has 24 heavy (non-hydrogen) atoms. The van der Waals surface area contributed by atoms with Gasteiger partial charge in [-0.05, 0) is 12.0 Å². The number of rotatable bonds is 6. The molecule has 0 radical (unpaired) electrons. The van der Waals surface area contributed by atoms with Crippen LogP contribution < -0.4 is 0 Å². The van der Waals surface area contributed by atoms with Crippen molar-refractivity contribution in [3.63, 3.8) is 0 Å². The Hall–Kier alpha value is -2.19. The first-order chi connectivity index (χ1) is 11.4. The van der Waals surface area contributed by atoms with Gasteiger partial charge in [-0.25, -0.2) is 13.4 Å². The zero-order valence-corrected chi connectivity index (χ0v) is 14.1. The molecule has 1 N–H and O–H groups in total. The summed E-state index contributed by atoms with van der Waals surface area (Å²) in [6.45, 7) is 2.79. The van der Waals surface area contributed by atoms with E-state index < -0.39 is 22.0 Å². The van der Waals surface area contributed by atoms with Crippen molar-refractivity contribution in [3.8, 4) is 0 Å². The second kappa shape index (κ2) is 6.37. The van der Waals surface area contributed by atoms with Gasteiger partial charge < -0.3 is 9.67 Å². The minimum Gasteiger partial charge on any atom is -0.480 e. The van der Waals surface area contributed by atoms with Gasteiger partial charge in [-0.2, -0.15) is 4.31 Å². The molecule has 0 spiro atoms. The predicted molar refractivity (Wildman–Crippen MR) is 87.0 cm³/mol. The molecule has 1 aromatic carbocycles. The Labute approximate surface area is 140 Å². The van der Waals surface area contributed by atoms with Crippen LogP contribution in [-0.4, -0.2) is 45.9 Å². The van der Waals surface area contributed by atoms with E-state index in [-0.39, 0.29) is 17.5 Å². The number of sulfonamides is 1. The molecule has 0 saturated carbocycles. The normalized spacial score (nSPS) is 21.4. The lowest BCUT2D eigenvalue weighted by Gasteiger charge is -2.43. The molecule has 2 heterocycles. The lowest BCUT2D eigenvalue weighted by molar-refractivity contribution is -0.146. The molecular weight excluding hydrogens is 330 g/mol. The van der Waals surface area contributed by atoms with E-state index in [1.807, 2.05) is 37.3 Å². The van der Waals surface area contributed by atoms with E-state index in [0.29, 0.717) is 6.54 Å². The van der Waals surface area contributed by atoms with Gasteiger partial charge in [-0.15, -0.1) is 0 Å². The van der Waals surface area contributed by atoms with Gasteiger partial charge in [0.15, 0.2) is 5.03 Å². The molecular formula is C16H19N3O4S. The van der Waals surface area contributed by atoms with E-state index >= 15 is 0 Å². The summed E-state index contributed by atoms with van der Waals surface area (Å²) >= 11 is 0. The van der Waals surface area contributed by atoms with Crippen LogP contribution in [0.1, 0.15) is 24.8 Å². The monoisotopic (exact) mass is 349 g/mol. The van der Waals surface area contributed by atoms with Gasteiger partial charge in [0.1, 0.15) is 6.04 Å².